The average Bonchev–Trinajstić information content (AvgIpc) is 2.89. The lowest BCUT2D eigenvalue weighted by atomic mass is 9.67. The molecule has 2 rings (SSSR count). The number of nitrogens with two attached hydrogens (primary N) is 1. The molecule has 0 heterocycles. The Morgan fingerprint density at radius 3 is 1.91 bits per heavy atom. The van der Waals surface area contributed by atoms with E-state index in [1.165, 1.54) is 13.8 Å². The second-order valence-electron chi connectivity index (χ2n) is 10.1. The van der Waals surface area contributed by atoms with Gasteiger partial charge in [0.05, 0.1) is 11.6 Å². The fraction of sp³-hybridized carbons (Fsp3) is 0.519. The van der Waals surface area contributed by atoms with Crippen LogP contribution in [0.5, 0.6) is 0 Å². The van der Waals surface area contributed by atoms with Gasteiger partial charge in [-0.3, -0.25) is 33.6 Å². The Labute approximate surface area is 265 Å². The highest BCUT2D eigenvalue weighted by molar-refractivity contribution is 8.14. The van der Waals surface area contributed by atoms with E-state index in [0.29, 0.717) is 11.8 Å². The first-order chi connectivity index (χ1) is 20.4. The van der Waals surface area contributed by atoms with Crippen LogP contribution in [0.15, 0.2) is 18.2 Å². The fourth-order valence-corrected chi connectivity index (χ4v) is 6.67. The number of carbonyl (C=O) groups excluding carboxylic acids is 7. The van der Waals surface area contributed by atoms with Crippen molar-refractivity contribution in [1.29, 1.82) is 0 Å². The first-order valence-corrected chi connectivity index (χ1v) is 15.8. The highest BCUT2D eigenvalue weighted by atomic mass is 32.2. The molecule has 242 valence electrons. The molecule has 3 atom stereocenters. The van der Waals surface area contributed by atoms with Crippen molar-refractivity contribution in [2.45, 2.75) is 63.8 Å². The lowest BCUT2D eigenvalue weighted by molar-refractivity contribution is -0.137. The van der Waals surface area contributed by atoms with Crippen LogP contribution in [0, 0.1) is 5.92 Å². The van der Waals surface area contributed by atoms with Crippen LogP contribution in [0.4, 0.5) is 13.2 Å². The molecule has 0 aliphatic heterocycles. The van der Waals surface area contributed by atoms with Crippen molar-refractivity contribution in [2.75, 3.05) is 17.3 Å². The summed E-state index contributed by atoms with van der Waals surface area (Å²) >= 11 is 5.39. The third kappa shape index (κ3) is 10.8. The molecule has 0 aromatic heterocycles. The van der Waals surface area contributed by atoms with Gasteiger partial charge >= 0.3 is 6.18 Å². The molecule has 1 aliphatic carbocycles. The van der Waals surface area contributed by atoms with Crippen molar-refractivity contribution in [3.05, 3.63) is 34.9 Å². The zero-order valence-electron chi connectivity index (χ0n) is 24.0. The molecule has 1 aromatic carbocycles. The Morgan fingerprint density at radius 1 is 0.886 bits per heavy atom. The van der Waals surface area contributed by atoms with Gasteiger partial charge in [-0.1, -0.05) is 23.5 Å². The molecular weight excluding hydrogens is 646 g/mol. The van der Waals surface area contributed by atoms with Crippen molar-refractivity contribution in [3.63, 3.8) is 0 Å². The predicted octanol–water partition coefficient (Wildman–Crippen LogP) is 1.83. The molecule has 1 saturated carbocycles. The van der Waals surface area contributed by atoms with Gasteiger partial charge in [0.1, 0.15) is 12.1 Å². The summed E-state index contributed by atoms with van der Waals surface area (Å²) in [6.45, 7) is 3.58. The quantitative estimate of drug-likeness (QED) is 0.184. The molecule has 0 bridgehead atoms. The molecule has 1 aliphatic rings. The van der Waals surface area contributed by atoms with Crippen LogP contribution in [0.2, 0.25) is 0 Å². The van der Waals surface area contributed by atoms with Gasteiger partial charge in [0.15, 0.2) is 5.78 Å². The van der Waals surface area contributed by atoms with Crippen molar-refractivity contribution in [2.24, 2.45) is 11.7 Å². The Kier molecular flexibility index (Phi) is 13.8. The highest BCUT2D eigenvalue weighted by Gasteiger charge is 2.41. The maximum Gasteiger partial charge on any atom is 0.416 e. The van der Waals surface area contributed by atoms with Gasteiger partial charge in [-0.2, -0.15) is 25.8 Å². The Hall–Kier alpha value is -3.05. The van der Waals surface area contributed by atoms with Crippen LogP contribution in [-0.4, -0.2) is 75.0 Å². The van der Waals surface area contributed by atoms with E-state index in [2.05, 4.69) is 28.6 Å². The third-order valence-electron chi connectivity index (χ3n) is 6.64. The van der Waals surface area contributed by atoms with Crippen LogP contribution in [0.3, 0.4) is 0 Å². The number of primary amides is 1. The van der Waals surface area contributed by atoms with Gasteiger partial charge in [0.2, 0.25) is 33.9 Å². The summed E-state index contributed by atoms with van der Waals surface area (Å²) < 4.78 is 40.7. The predicted molar refractivity (Wildman–Crippen MR) is 162 cm³/mol. The van der Waals surface area contributed by atoms with E-state index in [1.54, 1.807) is 0 Å². The summed E-state index contributed by atoms with van der Waals surface area (Å²) in [5.41, 5.74) is 4.31. The van der Waals surface area contributed by atoms with Crippen molar-refractivity contribution < 1.29 is 46.7 Å². The van der Waals surface area contributed by atoms with Gasteiger partial charge in [0.25, 0.3) is 0 Å². The normalized spacial score (nSPS) is 18.2. The monoisotopic (exact) mass is 678 g/mol. The van der Waals surface area contributed by atoms with E-state index in [-0.39, 0.29) is 41.2 Å². The van der Waals surface area contributed by atoms with E-state index >= 15 is 0 Å². The van der Waals surface area contributed by atoms with Crippen LogP contribution < -0.4 is 21.7 Å². The molecule has 0 saturated heterocycles. The van der Waals surface area contributed by atoms with Crippen LogP contribution in [0.25, 0.3) is 0 Å². The van der Waals surface area contributed by atoms with Gasteiger partial charge < -0.3 is 21.7 Å². The zero-order chi connectivity index (χ0) is 33.4. The molecule has 1 aromatic rings. The number of halogens is 3. The minimum absolute atomic E-state index is 0.0151. The fourth-order valence-electron chi connectivity index (χ4n) is 4.46. The number of carbonyl (C=O) groups is 7. The van der Waals surface area contributed by atoms with Gasteiger partial charge in [-0.05, 0) is 42.5 Å². The van der Waals surface area contributed by atoms with E-state index in [4.69, 9.17) is 5.73 Å². The summed E-state index contributed by atoms with van der Waals surface area (Å²) in [4.78, 5) is 84.9. The summed E-state index contributed by atoms with van der Waals surface area (Å²) in [7, 11) is 0. The molecular formula is C27H33F3N4O7S3. The average molecular weight is 679 g/mol. The Bertz CT molecular complexity index is 1310. The number of benzene rings is 1. The molecule has 0 spiro atoms. The molecule has 4 amide bonds. The smallest absolute Gasteiger partial charge is 0.368 e. The van der Waals surface area contributed by atoms with Gasteiger partial charge in [-0.25, -0.2) is 0 Å². The number of ketones is 1. The molecule has 11 nitrogen and oxygen atoms in total. The number of rotatable bonds is 14. The number of hydrogen-bond donors (Lipinski definition) is 5. The molecule has 5 N–H and O–H groups in total. The minimum Gasteiger partial charge on any atom is -0.368 e. The number of alkyl halides is 3. The van der Waals surface area contributed by atoms with Crippen molar-refractivity contribution in [3.8, 4) is 0 Å². The number of Topliss-reactive ketones (excluding diaryl/α,β-unsaturated/α-hetero) is 1. The molecule has 0 radical (unpaired) electrons. The van der Waals surface area contributed by atoms with Crippen LogP contribution >= 0.6 is 36.2 Å². The number of hydrogen-bond acceptors (Lipinski definition) is 10. The second-order valence-corrected chi connectivity index (χ2v) is 12.5. The second kappa shape index (κ2) is 16.3. The third-order valence-corrected chi connectivity index (χ3v) is 9.06. The lowest BCUT2D eigenvalue weighted by Gasteiger charge is -2.37. The summed E-state index contributed by atoms with van der Waals surface area (Å²) in [5, 5.41) is 6.13. The molecule has 17 heteroatoms. The largest absolute Gasteiger partial charge is 0.416 e. The summed E-state index contributed by atoms with van der Waals surface area (Å²) in [5.74, 6) is -4.49. The van der Waals surface area contributed by atoms with E-state index in [0.717, 1.165) is 36.9 Å². The number of amides is 4. The number of thiol groups is 1. The van der Waals surface area contributed by atoms with Gasteiger partial charge in [0, 0.05) is 49.5 Å². The maximum absolute atomic E-state index is 13.6. The number of thioether (sulfide) groups is 2. The number of nitrogens with one attached hydrogen (secondary N) is 3. The molecule has 44 heavy (non-hydrogen) atoms. The van der Waals surface area contributed by atoms with Crippen LogP contribution in [0.1, 0.15) is 61.0 Å². The molecule has 3 unspecified atom stereocenters. The van der Waals surface area contributed by atoms with Gasteiger partial charge in [-0.15, -0.1) is 0 Å². The van der Waals surface area contributed by atoms with Crippen LogP contribution in [-0.2, 0) is 34.9 Å². The topological polar surface area (TPSA) is 182 Å². The van der Waals surface area contributed by atoms with E-state index in [1.807, 2.05) is 0 Å². The van der Waals surface area contributed by atoms with Crippen molar-refractivity contribution >= 4 is 75.8 Å². The van der Waals surface area contributed by atoms with E-state index < -0.39 is 81.3 Å². The Morgan fingerprint density at radius 2 is 1.41 bits per heavy atom. The lowest BCUT2D eigenvalue weighted by Crippen LogP contribution is -2.48. The minimum atomic E-state index is -4.70. The maximum atomic E-state index is 13.6. The standard InChI is InChI=1S/C27H33F3N4O7S3/c1-12(35)32-20(9-42)26(41)44-10-21(33-13(2)36)23(38)16-6-15(7-16)19-8-17(27(28,29)30)4-5-18(19)25(40)43-11-22(24(31)39)34-14(3)37/h4-5,8,15-16,20-22,42H,6-7,9-11H2,1-3H3,(H2,31,39)(H,32,35)(H,33,36)(H,34,37). The summed E-state index contributed by atoms with van der Waals surface area (Å²) in [6.07, 6.45) is -4.53. The Balaban J connectivity index is 2.21. The van der Waals surface area contributed by atoms with E-state index in [9.17, 15) is 46.7 Å². The highest BCUT2D eigenvalue weighted by Crippen LogP contribution is 2.46. The first-order valence-electron chi connectivity index (χ1n) is 13.2. The SMILES string of the molecule is CC(=O)NC(CSC(=O)c1ccc(C(F)(F)F)cc1C1CC(C(=O)C(CSC(=O)C(CS)NC(C)=O)NC(C)=O)C1)C(N)=O. The zero-order valence-corrected chi connectivity index (χ0v) is 26.5. The molecule has 1 fully saturated rings. The summed E-state index contributed by atoms with van der Waals surface area (Å²) in [6, 6.07) is -0.510. The van der Waals surface area contributed by atoms with Crippen molar-refractivity contribution in [1.82, 2.24) is 16.0 Å². The first kappa shape index (κ1) is 37.1.